The van der Waals surface area contributed by atoms with E-state index in [1.54, 1.807) is 18.2 Å². The molecule has 220 valence electrons. The molecule has 0 unspecified atom stereocenters. The van der Waals surface area contributed by atoms with Gasteiger partial charge >= 0.3 is 12.1 Å². The molecule has 42 heavy (non-hydrogen) atoms. The van der Waals surface area contributed by atoms with Crippen LogP contribution in [0.1, 0.15) is 50.5 Å². The first-order chi connectivity index (χ1) is 20.2. The van der Waals surface area contributed by atoms with E-state index < -0.39 is 17.7 Å². The minimum atomic E-state index is -4.55. The van der Waals surface area contributed by atoms with Gasteiger partial charge in [-0.3, -0.25) is 4.90 Å². The van der Waals surface area contributed by atoms with Gasteiger partial charge in [0.2, 0.25) is 0 Å². The number of methoxy groups -OCH3 is 1. The summed E-state index contributed by atoms with van der Waals surface area (Å²) < 4.78 is 51.8. The van der Waals surface area contributed by atoms with Crippen molar-refractivity contribution in [3.05, 3.63) is 135 Å². The Hall–Kier alpha value is -3.81. The molecule has 0 amide bonds. The Morgan fingerprint density at radius 3 is 2.14 bits per heavy atom. The predicted molar refractivity (Wildman–Crippen MR) is 159 cm³/mol. The molecule has 4 aromatic rings. The number of aryl methyl sites for hydroxylation is 1. The number of benzene rings is 4. The van der Waals surface area contributed by atoms with E-state index in [-0.39, 0.29) is 17.5 Å². The van der Waals surface area contributed by atoms with Crippen molar-refractivity contribution in [3.63, 3.8) is 0 Å². The zero-order valence-electron chi connectivity index (χ0n) is 23.5. The van der Waals surface area contributed by atoms with E-state index in [1.807, 2.05) is 49.4 Å². The number of carbonyl (C=O) groups is 1. The molecule has 0 aliphatic carbocycles. The van der Waals surface area contributed by atoms with Gasteiger partial charge in [-0.2, -0.15) is 13.2 Å². The molecule has 0 spiro atoms. The summed E-state index contributed by atoms with van der Waals surface area (Å²) in [6.07, 6.45) is -3.99. The zero-order valence-corrected chi connectivity index (χ0v) is 24.3. The molecule has 0 N–H and O–H groups in total. The van der Waals surface area contributed by atoms with Crippen molar-refractivity contribution in [3.8, 4) is 5.75 Å². The van der Waals surface area contributed by atoms with Crippen LogP contribution in [-0.2, 0) is 17.5 Å². The van der Waals surface area contributed by atoms with Crippen molar-refractivity contribution in [2.75, 3.05) is 26.8 Å². The quantitative estimate of drug-likeness (QED) is 0.121. The number of halogens is 4. The van der Waals surface area contributed by atoms with Crippen LogP contribution in [-0.4, -0.2) is 37.7 Å². The van der Waals surface area contributed by atoms with Gasteiger partial charge in [-0.25, -0.2) is 4.79 Å². The van der Waals surface area contributed by atoms with Crippen molar-refractivity contribution in [2.45, 2.75) is 32.0 Å². The molecule has 0 aliphatic rings. The average molecular weight is 596 g/mol. The SMILES string of the molecule is COC(=O)c1ccc(C)cc1OCCCN(Cc1cccc(C(F)(F)F)c1Cl)CC(c1ccccc1)c1ccccc1. The number of ether oxygens (including phenoxy) is 2. The lowest BCUT2D eigenvalue weighted by Crippen LogP contribution is -2.31. The molecular formula is C34H33ClF3NO3. The molecule has 4 rings (SSSR count). The highest BCUT2D eigenvalue weighted by Crippen LogP contribution is 2.37. The van der Waals surface area contributed by atoms with Crippen molar-refractivity contribution in [2.24, 2.45) is 0 Å². The number of esters is 1. The highest BCUT2D eigenvalue weighted by atomic mass is 35.5. The van der Waals surface area contributed by atoms with Gasteiger partial charge in [0.15, 0.2) is 0 Å². The summed E-state index contributed by atoms with van der Waals surface area (Å²) in [7, 11) is 1.32. The van der Waals surface area contributed by atoms with Gasteiger partial charge in [0, 0.05) is 25.6 Å². The smallest absolute Gasteiger partial charge is 0.417 e. The molecule has 0 atom stereocenters. The monoisotopic (exact) mass is 595 g/mol. The van der Waals surface area contributed by atoms with Crippen LogP contribution in [0.4, 0.5) is 13.2 Å². The molecule has 0 bridgehead atoms. The minimum Gasteiger partial charge on any atom is -0.493 e. The third-order valence-corrected chi connectivity index (χ3v) is 7.49. The largest absolute Gasteiger partial charge is 0.493 e. The third-order valence-electron chi connectivity index (χ3n) is 7.04. The average Bonchev–Trinajstić information content (AvgIpc) is 2.98. The lowest BCUT2D eigenvalue weighted by Gasteiger charge is -2.29. The van der Waals surface area contributed by atoms with E-state index in [1.165, 1.54) is 13.2 Å². The Labute approximate surface area is 249 Å². The molecule has 8 heteroatoms. The second kappa shape index (κ2) is 14.4. The summed E-state index contributed by atoms with van der Waals surface area (Å²) >= 11 is 6.31. The first kappa shape index (κ1) is 31.1. The van der Waals surface area contributed by atoms with Gasteiger partial charge in [-0.05, 0) is 53.8 Å². The third kappa shape index (κ3) is 8.14. The second-order valence-electron chi connectivity index (χ2n) is 10.1. The zero-order chi connectivity index (χ0) is 30.1. The summed E-state index contributed by atoms with van der Waals surface area (Å²) in [5.41, 5.74) is 3.03. The van der Waals surface area contributed by atoms with Crippen LogP contribution in [0.2, 0.25) is 5.02 Å². The summed E-state index contributed by atoms with van der Waals surface area (Å²) in [5, 5.41) is -0.287. The summed E-state index contributed by atoms with van der Waals surface area (Å²) in [6, 6.07) is 29.4. The van der Waals surface area contributed by atoms with Gasteiger partial charge in [0.25, 0.3) is 0 Å². The molecule has 4 aromatic carbocycles. The number of rotatable bonds is 12. The molecule has 0 aliphatic heterocycles. The number of alkyl halides is 3. The molecular weight excluding hydrogens is 563 g/mol. The molecule has 0 saturated carbocycles. The summed E-state index contributed by atoms with van der Waals surface area (Å²) in [4.78, 5) is 14.3. The van der Waals surface area contributed by atoms with Crippen molar-refractivity contribution >= 4 is 17.6 Å². The van der Waals surface area contributed by atoms with Gasteiger partial charge in [0.05, 0.1) is 24.3 Å². The van der Waals surface area contributed by atoms with Crippen LogP contribution in [0.3, 0.4) is 0 Å². The lowest BCUT2D eigenvalue weighted by atomic mass is 9.90. The molecule has 0 saturated heterocycles. The standard InChI is InChI=1S/C34H33ClF3NO3/c1-24-17-18-28(33(40)41-2)31(21-24)42-20-10-19-39(22-27-15-9-16-30(32(27)35)34(36,37)38)23-29(25-11-5-3-6-12-25)26-13-7-4-8-14-26/h3-9,11-18,21,29H,10,19-20,22-23H2,1-2H3. The maximum absolute atomic E-state index is 13.6. The molecule has 0 heterocycles. The topological polar surface area (TPSA) is 38.8 Å². The Balaban J connectivity index is 1.58. The maximum Gasteiger partial charge on any atom is 0.417 e. The van der Waals surface area contributed by atoms with Gasteiger partial charge in [0.1, 0.15) is 11.3 Å². The maximum atomic E-state index is 13.6. The van der Waals surface area contributed by atoms with Crippen LogP contribution in [0, 0.1) is 6.92 Å². The minimum absolute atomic E-state index is 0.0272. The summed E-state index contributed by atoms with van der Waals surface area (Å²) in [5.74, 6) is -0.0826. The van der Waals surface area contributed by atoms with E-state index in [0.717, 1.165) is 22.8 Å². The van der Waals surface area contributed by atoms with E-state index in [4.69, 9.17) is 21.1 Å². The Morgan fingerprint density at radius 2 is 1.55 bits per heavy atom. The fourth-order valence-corrected chi connectivity index (χ4v) is 5.22. The number of nitrogens with zero attached hydrogens (tertiary/aromatic N) is 1. The van der Waals surface area contributed by atoms with Crippen LogP contribution in [0.25, 0.3) is 0 Å². The first-order valence-electron chi connectivity index (χ1n) is 13.7. The Morgan fingerprint density at radius 1 is 0.905 bits per heavy atom. The van der Waals surface area contributed by atoms with Crippen LogP contribution < -0.4 is 4.74 Å². The van der Waals surface area contributed by atoms with Crippen LogP contribution >= 0.6 is 11.6 Å². The van der Waals surface area contributed by atoms with Crippen LogP contribution in [0.5, 0.6) is 5.75 Å². The van der Waals surface area contributed by atoms with Crippen LogP contribution in [0.15, 0.2) is 97.1 Å². The van der Waals surface area contributed by atoms with E-state index in [2.05, 4.69) is 29.2 Å². The second-order valence-corrected chi connectivity index (χ2v) is 10.5. The molecule has 0 radical (unpaired) electrons. The first-order valence-corrected chi connectivity index (χ1v) is 14.0. The molecule has 4 nitrogen and oxygen atoms in total. The fourth-order valence-electron chi connectivity index (χ4n) is 4.93. The van der Waals surface area contributed by atoms with Crippen molar-refractivity contribution in [1.82, 2.24) is 4.90 Å². The van der Waals surface area contributed by atoms with Crippen molar-refractivity contribution < 1.29 is 27.4 Å². The van der Waals surface area contributed by atoms with Gasteiger partial charge in [-0.1, -0.05) is 90.5 Å². The lowest BCUT2D eigenvalue weighted by molar-refractivity contribution is -0.137. The number of hydrogen-bond acceptors (Lipinski definition) is 4. The van der Waals surface area contributed by atoms with Gasteiger partial charge in [-0.15, -0.1) is 0 Å². The Kier molecular flexibility index (Phi) is 10.7. The fraction of sp³-hybridized carbons (Fsp3) is 0.265. The number of hydrogen-bond donors (Lipinski definition) is 0. The van der Waals surface area contributed by atoms with Crippen molar-refractivity contribution in [1.29, 1.82) is 0 Å². The highest BCUT2D eigenvalue weighted by Gasteiger charge is 2.34. The molecule has 0 aromatic heterocycles. The van der Waals surface area contributed by atoms with E-state index >= 15 is 0 Å². The van der Waals surface area contributed by atoms with E-state index in [0.29, 0.717) is 43.0 Å². The summed E-state index contributed by atoms with van der Waals surface area (Å²) in [6.45, 7) is 3.47. The normalized spacial score (nSPS) is 11.6. The van der Waals surface area contributed by atoms with E-state index in [9.17, 15) is 18.0 Å². The Bertz CT molecular complexity index is 1420. The predicted octanol–water partition coefficient (Wildman–Crippen LogP) is 8.56. The van der Waals surface area contributed by atoms with Gasteiger partial charge < -0.3 is 9.47 Å². The molecule has 0 fully saturated rings. The number of carbonyl (C=O) groups excluding carboxylic acids is 1. The highest BCUT2D eigenvalue weighted by molar-refractivity contribution is 6.32.